The van der Waals surface area contributed by atoms with E-state index in [1.807, 2.05) is 13.0 Å². The maximum atomic E-state index is 13.4. The minimum absolute atomic E-state index is 0.000113. The van der Waals surface area contributed by atoms with Crippen LogP contribution >= 0.6 is 11.6 Å². The number of piperidine rings is 1. The average molecular weight is 518 g/mol. The largest absolute Gasteiger partial charge is 0.451 e. The molecule has 2 atom stereocenters. The lowest BCUT2D eigenvalue weighted by Gasteiger charge is -2.40. The number of alkyl halides is 3. The zero-order chi connectivity index (χ0) is 25.8. The van der Waals surface area contributed by atoms with E-state index in [-0.39, 0.29) is 43.2 Å². The lowest BCUT2D eigenvalue weighted by Crippen LogP contribution is -2.49. The number of pyridine rings is 1. The molecule has 2 aromatic heterocycles. The zero-order valence-corrected chi connectivity index (χ0v) is 20.4. The number of amides is 1. The van der Waals surface area contributed by atoms with Crippen LogP contribution in [0.1, 0.15) is 36.3 Å². The second-order valence-electron chi connectivity index (χ2n) is 9.36. The molecule has 8 nitrogen and oxygen atoms in total. The minimum atomic E-state index is -4.58. The van der Waals surface area contributed by atoms with Gasteiger partial charge < -0.3 is 14.4 Å². The molecule has 1 saturated heterocycles. The summed E-state index contributed by atoms with van der Waals surface area (Å²) in [5.41, 5.74) is 2.62. The number of nitriles is 1. The highest BCUT2D eigenvalue weighted by Gasteiger charge is 2.41. The molecule has 0 bridgehead atoms. The van der Waals surface area contributed by atoms with E-state index in [0.29, 0.717) is 35.8 Å². The minimum Gasteiger partial charge on any atom is -0.370 e. The molecule has 2 aliphatic rings. The number of hydrogen-bond donors (Lipinski definition) is 0. The average Bonchev–Trinajstić information content (AvgIpc) is 3.27. The molecule has 1 aromatic carbocycles. The van der Waals surface area contributed by atoms with Gasteiger partial charge in [-0.3, -0.25) is 9.78 Å². The molecule has 0 N–H and O–H groups in total. The summed E-state index contributed by atoms with van der Waals surface area (Å²) >= 11 is 6.25. The summed E-state index contributed by atoms with van der Waals surface area (Å²) in [6, 6.07) is 7.67. The predicted octanol–water partition coefficient (Wildman–Crippen LogP) is 4.18. The van der Waals surface area contributed by atoms with Crippen molar-refractivity contribution in [3.8, 4) is 6.07 Å². The van der Waals surface area contributed by atoms with E-state index in [1.165, 1.54) is 0 Å². The van der Waals surface area contributed by atoms with Gasteiger partial charge in [-0.05, 0) is 37.5 Å². The van der Waals surface area contributed by atoms with E-state index in [9.17, 15) is 23.2 Å². The first-order valence-electron chi connectivity index (χ1n) is 11.6. The smallest absolute Gasteiger partial charge is 0.370 e. The van der Waals surface area contributed by atoms with Crippen LogP contribution < -0.4 is 4.90 Å². The van der Waals surface area contributed by atoms with E-state index in [2.05, 4.69) is 26.2 Å². The molecule has 2 aliphatic heterocycles. The van der Waals surface area contributed by atoms with Crippen molar-refractivity contribution < 1.29 is 18.0 Å². The van der Waals surface area contributed by atoms with Crippen LogP contribution in [0.4, 0.5) is 18.9 Å². The number of hydrogen-bond acceptors (Lipinski definition) is 6. The van der Waals surface area contributed by atoms with Gasteiger partial charge in [0.1, 0.15) is 6.07 Å². The topological polar surface area (TPSA) is 90.9 Å². The van der Waals surface area contributed by atoms with Gasteiger partial charge in [-0.2, -0.15) is 18.4 Å². The highest BCUT2D eigenvalue weighted by molar-refractivity contribution is 6.31. The normalized spacial score (nSPS) is 20.4. The molecule has 5 rings (SSSR count). The van der Waals surface area contributed by atoms with Gasteiger partial charge in [0.05, 0.1) is 29.0 Å². The summed E-state index contributed by atoms with van der Waals surface area (Å²) in [5, 5.41) is 18.2. The van der Waals surface area contributed by atoms with Gasteiger partial charge >= 0.3 is 6.18 Å². The summed E-state index contributed by atoms with van der Waals surface area (Å²) in [6.07, 6.45) is -4.04. The van der Waals surface area contributed by atoms with Crippen LogP contribution in [0.5, 0.6) is 0 Å². The highest BCUT2D eigenvalue weighted by atomic mass is 35.5. The van der Waals surface area contributed by atoms with E-state index in [1.54, 1.807) is 24.0 Å². The van der Waals surface area contributed by atoms with Crippen molar-refractivity contribution in [2.75, 3.05) is 24.5 Å². The highest BCUT2D eigenvalue weighted by Crippen LogP contribution is 2.37. The van der Waals surface area contributed by atoms with E-state index in [0.717, 1.165) is 21.2 Å². The number of aryl methyl sites for hydroxylation is 1. The standard InChI is InChI=1S/C24H23ClF3N7O/c1-13-11-33(21-17-9-15(25)3-4-19(17)30-14(2)18(21)10-29)6-5-16(13)22(36)34-7-8-35-20(12-34)31-32-23(35)24(26,27)28/h3-4,9,13,16H,5-8,11-12H2,1-2H3. The van der Waals surface area contributed by atoms with E-state index in [4.69, 9.17) is 11.6 Å². The fourth-order valence-electron chi connectivity index (χ4n) is 5.31. The number of nitrogens with zero attached hydrogens (tertiary/aromatic N) is 7. The fraction of sp³-hybridized carbons (Fsp3) is 0.458. The maximum Gasteiger partial charge on any atom is 0.451 e. The van der Waals surface area contributed by atoms with E-state index >= 15 is 0 Å². The molecule has 12 heteroatoms. The molecule has 1 amide bonds. The molecule has 0 spiro atoms. The number of rotatable bonds is 2. The molecular formula is C24H23ClF3N7O. The molecule has 0 saturated carbocycles. The van der Waals surface area contributed by atoms with Crippen LogP contribution in [0.3, 0.4) is 0 Å². The van der Waals surface area contributed by atoms with Crippen molar-refractivity contribution in [2.24, 2.45) is 11.8 Å². The van der Waals surface area contributed by atoms with Crippen LogP contribution in [-0.2, 0) is 24.1 Å². The van der Waals surface area contributed by atoms with Gasteiger partial charge in [0.15, 0.2) is 5.82 Å². The molecule has 3 aromatic rings. The number of aromatic nitrogens is 4. The van der Waals surface area contributed by atoms with Crippen molar-refractivity contribution in [3.05, 3.63) is 46.1 Å². The van der Waals surface area contributed by atoms with Crippen molar-refractivity contribution >= 4 is 34.1 Å². The van der Waals surface area contributed by atoms with Gasteiger partial charge in [0.25, 0.3) is 0 Å². The SMILES string of the molecule is Cc1nc2ccc(Cl)cc2c(N2CCC(C(=O)N3CCn4c(nnc4C(F)(F)F)C3)C(C)C2)c1C#N. The number of carbonyl (C=O) groups is 1. The van der Waals surface area contributed by atoms with Gasteiger partial charge in [0, 0.05) is 42.5 Å². The Morgan fingerprint density at radius 1 is 1.22 bits per heavy atom. The molecule has 0 radical (unpaired) electrons. The van der Waals surface area contributed by atoms with Crippen molar-refractivity contribution in [1.29, 1.82) is 5.26 Å². The fourth-order valence-corrected chi connectivity index (χ4v) is 5.48. The Kier molecular flexibility index (Phi) is 6.03. The summed E-state index contributed by atoms with van der Waals surface area (Å²) in [6.45, 7) is 5.05. The van der Waals surface area contributed by atoms with Crippen molar-refractivity contribution in [1.82, 2.24) is 24.6 Å². The van der Waals surface area contributed by atoms with Gasteiger partial charge in [0.2, 0.25) is 11.7 Å². The summed E-state index contributed by atoms with van der Waals surface area (Å²) < 4.78 is 40.5. The van der Waals surface area contributed by atoms with Crippen LogP contribution in [-0.4, -0.2) is 50.2 Å². The van der Waals surface area contributed by atoms with Crippen LogP contribution in [0.25, 0.3) is 10.9 Å². The Morgan fingerprint density at radius 2 is 2.00 bits per heavy atom. The van der Waals surface area contributed by atoms with Crippen molar-refractivity contribution in [3.63, 3.8) is 0 Å². The Labute approximate surface area is 210 Å². The lowest BCUT2D eigenvalue weighted by atomic mass is 9.85. The molecule has 188 valence electrons. The monoisotopic (exact) mass is 517 g/mol. The number of halogens is 4. The number of benzene rings is 1. The summed E-state index contributed by atoms with van der Waals surface area (Å²) in [7, 11) is 0. The first-order chi connectivity index (χ1) is 17.1. The molecule has 2 unspecified atom stereocenters. The van der Waals surface area contributed by atoms with Crippen molar-refractivity contribution in [2.45, 2.75) is 39.5 Å². The van der Waals surface area contributed by atoms with Crippen LogP contribution in [0.2, 0.25) is 5.02 Å². The number of carbonyl (C=O) groups excluding carboxylic acids is 1. The van der Waals surface area contributed by atoms with Crippen LogP contribution in [0, 0.1) is 30.1 Å². The third kappa shape index (κ3) is 4.13. The van der Waals surface area contributed by atoms with Crippen LogP contribution in [0.15, 0.2) is 18.2 Å². The second kappa shape index (κ2) is 8.92. The lowest BCUT2D eigenvalue weighted by molar-refractivity contribution is -0.148. The first-order valence-corrected chi connectivity index (χ1v) is 12.0. The molecule has 4 heterocycles. The maximum absolute atomic E-state index is 13.4. The molecule has 36 heavy (non-hydrogen) atoms. The van der Waals surface area contributed by atoms with Gasteiger partial charge in [-0.25, -0.2) is 0 Å². The number of anilines is 1. The second-order valence-corrected chi connectivity index (χ2v) is 9.80. The third-order valence-electron chi connectivity index (χ3n) is 7.07. The molecule has 0 aliphatic carbocycles. The predicted molar refractivity (Wildman–Crippen MR) is 126 cm³/mol. The quantitative estimate of drug-likeness (QED) is 0.506. The molecular weight excluding hydrogens is 495 g/mol. The first kappa shape index (κ1) is 24.3. The van der Waals surface area contributed by atoms with Gasteiger partial charge in [-0.1, -0.05) is 18.5 Å². The van der Waals surface area contributed by atoms with Gasteiger partial charge in [-0.15, -0.1) is 10.2 Å². The Hall–Kier alpha value is -3.39. The number of fused-ring (bicyclic) bond motifs is 2. The summed E-state index contributed by atoms with van der Waals surface area (Å²) in [5.74, 6) is -1.32. The zero-order valence-electron chi connectivity index (χ0n) is 19.7. The Bertz CT molecular complexity index is 1400. The third-order valence-corrected chi connectivity index (χ3v) is 7.30. The summed E-state index contributed by atoms with van der Waals surface area (Å²) in [4.78, 5) is 21.6. The Morgan fingerprint density at radius 3 is 2.69 bits per heavy atom. The molecule has 1 fully saturated rings. The Balaban J connectivity index is 1.36. The van der Waals surface area contributed by atoms with E-state index < -0.39 is 12.0 Å².